The molecule has 1 N–H and O–H groups in total. The predicted molar refractivity (Wildman–Crippen MR) is 143 cm³/mol. The first-order chi connectivity index (χ1) is 18.3. The van der Waals surface area contributed by atoms with E-state index in [0.29, 0.717) is 31.0 Å². The van der Waals surface area contributed by atoms with Crippen LogP contribution in [-0.4, -0.2) is 59.6 Å². The minimum Gasteiger partial charge on any atom is -0.444 e. The molecular weight excluding hydrogens is 506 g/mol. The fourth-order valence-corrected chi connectivity index (χ4v) is 4.91. The van der Waals surface area contributed by atoms with Gasteiger partial charge in [0.2, 0.25) is 5.82 Å². The van der Waals surface area contributed by atoms with Gasteiger partial charge in [-0.25, -0.2) is 9.78 Å². The molecule has 3 aromatic rings. The Hall–Kier alpha value is -3.78. The van der Waals surface area contributed by atoms with Crippen LogP contribution >= 0.6 is 0 Å². The van der Waals surface area contributed by atoms with Gasteiger partial charge < -0.3 is 19.7 Å². The van der Waals surface area contributed by atoms with Gasteiger partial charge in [-0.05, 0) is 45.2 Å². The molecule has 11 heteroatoms. The first kappa shape index (κ1) is 28.2. The monoisotopic (exact) mass is 540 g/mol. The van der Waals surface area contributed by atoms with Crippen molar-refractivity contribution in [1.82, 2.24) is 19.9 Å². The molecule has 3 heterocycles. The number of pyridine rings is 1. The number of alkyl halides is 2. The third-order valence-electron chi connectivity index (χ3n) is 6.75. The molecule has 2 aromatic heterocycles. The van der Waals surface area contributed by atoms with E-state index in [1.54, 1.807) is 27.7 Å². The summed E-state index contributed by atoms with van der Waals surface area (Å²) >= 11 is 0. The Kier molecular flexibility index (Phi) is 7.54. The zero-order valence-corrected chi connectivity index (χ0v) is 23.1. The summed E-state index contributed by atoms with van der Waals surface area (Å²) in [5.41, 5.74) is 1.47. The van der Waals surface area contributed by atoms with Crippen molar-refractivity contribution in [2.75, 3.05) is 38.3 Å². The van der Waals surface area contributed by atoms with E-state index in [2.05, 4.69) is 33.3 Å². The third kappa shape index (κ3) is 5.81. The lowest BCUT2D eigenvalue weighted by Crippen LogP contribution is -2.40. The van der Waals surface area contributed by atoms with Gasteiger partial charge in [-0.3, -0.25) is 0 Å². The molecule has 1 aliphatic heterocycles. The smallest absolute Gasteiger partial charge is 0.407 e. The van der Waals surface area contributed by atoms with Crippen LogP contribution in [0, 0.1) is 23.7 Å². The van der Waals surface area contributed by atoms with E-state index in [-0.39, 0.29) is 16.6 Å². The number of ether oxygens (including phenoxy) is 2. The molecule has 1 fully saturated rings. The lowest BCUT2D eigenvalue weighted by atomic mass is 9.90. The second kappa shape index (κ2) is 10.4. The Labute approximate surface area is 226 Å². The van der Waals surface area contributed by atoms with Gasteiger partial charge in [-0.1, -0.05) is 37.3 Å². The molecule has 1 amide bonds. The van der Waals surface area contributed by atoms with Crippen molar-refractivity contribution < 1.29 is 23.0 Å². The summed E-state index contributed by atoms with van der Waals surface area (Å²) in [6.07, 6.45) is 0.226. The van der Waals surface area contributed by atoms with Crippen LogP contribution in [0.2, 0.25) is 0 Å². The van der Waals surface area contributed by atoms with Gasteiger partial charge in [-0.15, -0.1) is 5.10 Å². The second-order valence-electron chi connectivity index (χ2n) is 11.3. The van der Waals surface area contributed by atoms with Crippen molar-refractivity contribution >= 4 is 17.6 Å². The second-order valence-corrected chi connectivity index (χ2v) is 11.3. The molecule has 208 valence electrons. The summed E-state index contributed by atoms with van der Waals surface area (Å²) in [5, 5.41) is 17.1. The van der Waals surface area contributed by atoms with Crippen molar-refractivity contribution in [1.29, 1.82) is 5.26 Å². The summed E-state index contributed by atoms with van der Waals surface area (Å²) in [6.45, 7) is 9.83. The van der Waals surface area contributed by atoms with E-state index >= 15 is 0 Å². The minimum absolute atomic E-state index is 0.0657. The van der Waals surface area contributed by atoms with Crippen molar-refractivity contribution in [2.24, 2.45) is 5.41 Å². The molecule has 9 nitrogen and oxygen atoms in total. The van der Waals surface area contributed by atoms with Gasteiger partial charge in [0, 0.05) is 37.7 Å². The molecule has 39 heavy (non-hydrogen) atoms. The van der Waals surface area contributed by atoms with E-state index in [1.807, 2.05) is 30.3 Å². The highest BCUT2D eigenvalue weighted by atomic mass is 19.3. The number of amides is 1. The number of rotatable bonds is 7. The average molecular weight is 541 g/mol. The molecule has 0 aliphatic carbocycles. The number of carbonyl (C=O) groups is 1. The number of fused-ring (bicyclic) bond motifs is 1. The number of nitriles is 1. The summed E-state index contributed by atoms with van der Waals surface area (Å²) in [6, 6.07) is 11.6. The van der Waals surface area contributed by atoms with Crippen LogP contribution in [0.5, 0.6) is 0 Å². The highest BCUT2D eigenvalue weighted by molar-refractivity contribution is 5.85. The predicted octanol–water partition coefficient (Wildman–Crippen LogP) is 5.06. The number of nitrogens with zero attached hydrogens (tertiary/aromatic N) is 5. The van der Waals surface area contributed by atoms with E-state index in [0.717, 1.165) is 17.5 Å². The van der Waals surface area contributed by atoms with Crippen LogP contribution in [0.25, 0.3) is 16.8 Å². The molecular formula is C28H34F2N6O3. The lowest BCUT2D eigenvalue weighted by Gasteiger charge is -2.29. The highest BCUT2D eigenvalue weighted by Gasteiger charge is 2.40. The fourth-order valence-electron chi connectivity index (χ4n) is 4.91. The standard InChI is InChI=1S/C28H34F2N6O3/c1-18-20(14-31)22-33-24(28(29,30)17-38-6)34-36(22)23(21(18)19-10-8-7-9-11-19)35-13-12-27(5,16-35)15-32-25(37)39-26(2,3)4/h7-11H,12-13,15-17H2,1-6H3,(H,32,37)/t27-/m0/s1. The van der Waals surface area contributed by atoms with Gasteiger partial charge in [-0.2, -0.15) is 18.6 Å². The molecule has 0 saturated carbocycles. The van der Waals surface area contributed by atoms with Crippen molar-refractivity contribution in [3.05, 3.63) is 47.3 Å². The Bertz CT molecular complexity index is 1410. The van der Waals surface area contributed by atoms with Crippen LogP contribution in [0.1, 0.15) is 51.1 Å². The van der Waals surface area contributed by atoms with E-state index < -0.39 is 30.0 Å². The molecule has 1 saturated heterocycles. The number of carbonyl (C=O) groups excluding carboxylic acids is 1. The molecule has 0 spiro atoms. The highest BCUT2D eigenvalue weighted by Crippen LogP contribution is 2.42. The molecule has 1 aliphatic rings. The average Bonchev–Trinajstić information content (AvgIpc) is 3.47. The minimum atomic E-state index is -3.44. The molecule has 1 aromatic carbocycles. The van der Waals surface area contributed by atoms with Gasteiger partial charge in [0.1, 0.15) is 29.7 Å². The molecule has 1 atom stereocenters. The van der Waals surface area contributed by atoms with Crippen molar-refractivity contribution in [2.45, 2.75) is 52.6 Å². The number of hydrogen-bond donors (Lipinski definition) is 1. The summed E-state index contributed by atoms with van der Waals surface area (Å²) in [4.78, 5) is 18.5. The third-order valence-corrected chi connectivity index (χ3v) is 6.75. The zero-order valence-electron chi connectivity index (χ0n) is 23.1. The van der Waals surface area contributed by atoms with E-state index in [4.69, 9.17) is 9.47 Å². The van der Waals surface area contributed by atoms with Crippen LogP contribution in [0.3, 0.4) is 0 Å². The van der Waals surface area contributed by atoms with Crippen molar-refractivity contribution in [3.8, 4) is 17.2 Å². The Morgan fingerprint density at radius 3 is 2.56 bits per heavy atom. The number of hydrogen-bond acceptors (Lipinski definition) is 7. The number of aromatic nitrogens is 3. The number of anilines is 1. The molecule has 0 radical (unpaired) electrons. The van der Waals surface area contributed by atoms with Crippen LogP contribution < -0.4 is 10.2 Å². The summed E-state index contributed by atoms with van der Waals surface area (Å²) in [5.74, 6) is -3.58. The Balaban J connectivity index is 1.82. The SMILES string of the molecule is COCC(F)(F)c1nc2c(C#N)c(C)c(-c3ccccc3)c(N3CC[C@@](C)(CNC(=O)OC(C)(C)C)C3)n2n1. The van der Waals surface area contributed by atoms with E-state index in [9.17, 15) is 18.8 Å². The van der Waals surface area contributed by atoms with Crippen LogP contribution in [0.15, 0.2) is 30.3 Å². The first-order valence-corrected chi connectivity index (χ1v) is 12.8. The van der Waals surface area contributed by atoms with Crippen LogP contribution in [0.4, 0.5) is 19.4 Å². The maximum atomic E-state index is 14.9. The van der Waals surface area contributed by atoms with Gasteiger partial charge >= 0.3 is 12.0 Å². The number of benzene rings is 1. The van der Waals surface area contributed by atoms with Crippen LogP contribution in [-0.2, 0) is 15.4 Å². The number of halogens is 2. The summed E-state index contributed by atoms with van der Waals surface area (Å²) in [7, 11) is 1.18. The quantitative estimate of drug-likeness (QED) is 0.447. The Morgan fingerprint density at radius 2 is 1.95 bits per heavy atom. The zero-order chi connectivity index (χ0) is 28.6. The normalized spacial score (nSPS) is 17.9. The van der Waals surface area contributed by atoms with E-state index in [1.165, 1.54) is 11.6 Å². The molecule has 0 unspecified atom stereocenters. The maximum absolute atomic E-state index is 14.9. The number of methoxy groups -OCH3 is 1. The van der Waals surface area contributed by atoms with Gasteiger partial charge in [0.05, 0.1) is 0 Å². The van der Waals surface area contributed by atoms with Crippen molar-refractivity contribution in [3.63, 3.8) is 0 Å². The molecule has 0 bridgehead atoms. The first-order valence-electron chi connectivity index (χ1n) is 12.8. The Morgan fingerprint density at radius 1 is 1.26 bits per heavy atom. The lowest BCUT2D eigenvalue weighted by molar-refractivity contribution is -0.0764. The molecule has 4 rings (SSSR count). The van der Waals surface area contributed by atoms with Gasteiger partial charge in [0.15, 0.2) is 5.65 Å². The number of alkyl carbamates (subject to hydrolysis) is 1. The summed E-state index contributed by atoms with van der Waals surface area (Å²) < 4.78 is 41.2. The number of nitrogens with one attached hydrogen (secondary N) is 1. The largest absolute Gasteiger partial charge is 0.444 e. The maximum Gasteiger partial charge on any atom is 0.407 e. The van der Waals surface area contributed by atoms with Gasteiger partial charge in [0.25, 0.3) is 0 Å². The fraction of sp³-hybridized carbons (Fsp3) is 0.500. The topological polar surface area (TPSA) is 105 Å².